The van der Waals surface area contributed by atoms with Gasteiger partial charge in [0, 0.05) is 23.4 Å². The Kier molecular flexibility index (Phi) is 3.58. The normalized spacial score (nSPS) is 13.1. The highest BCUT2D eigenvalue weighted by Gasteiger charge is 2.23. The zero-order valence-electron chi connectivity index (χ0n) is 12.6. The van der Waals surface area contributed by atoms with E-state index in [2.05, 4.69) is 4.57 Å². The fraction of sp³-hybridized carbons (Fsp3) is 0.167. The lowest BCUT2D eigenvalue weighted by molar-refractivity contribution is 0.415. The summed E-state index contributed by atoms with van der Waals surface area (Å²) >= 11 is 1.76. The summed E-state index contributed by atoms with van der Waals surface area (Å²) in [5, 5.41) is 1.02. The largest absolute Gasteiger partial charge is 0.497 e. The predicted molar refractivity (Wildman–Crippen MR) is 90.3 cm³/mol. The van der Waals surface area contributed by atoms with Gasteiger partial charge in [-0.15, -0.1) is 0 Å². The SMILES string of the molecule is COc1ccc(-c2nc3n(c2-c2ccc(F)cc2)CCS3)cc1. The molecule has 0 radical (unpaired) electrons. The number of rotatable bonds is 3. The Labute approximate surface area is 138 Å². The van der Waals surface area contributed by atoms with E-state index in [1.165, 1.54) is 12.1 Å². The van der Waals surface area contributed by atoms with Crippen LogP contribution in [0.4, 0.5) is 4.39 Å². The van der Waals surface area contributed by atoms with Crippen molar-refractivity contribution in [1.29, 1.82) is 0 Å². The molecule has 23 heavy (non-hydrogen) atoms. The third kappa shape index (κ3) is 2.51. The number of hydrogen-bond donors (Lipinski definition) is 0. The summed E-state index contributed by atoms with van der Waals surface area (Å²) < 4.78 is 20.7. The van der Waals surface area contributed by atoms with Gasteiger partial charge >= 0.3 is 0 Å². The van der Waals surface area contributed by atoms with Crippen molar-refractivity contribution >= 4 is 11.8 Å². The van der Waals surface area contributed by atoms with Crippen molar-refractivity contribution in [3.05, 3.63) is 54.3 Å². The smallest absolute Gasteiger partial charge is 0.169 e. The van der Waals surface area contributed by atoms with Crippen molar-refractivity contribution in [2.24, 2.45) is 0 Å². The van der Waals surface area contributed by atoms with Crippen molar-refractivity contribution < 1.29 is 9.13 Å². The summed E-state index contributed by atoms with van der Waals surface area (Å²) in [7, 11) is 1.65. The number of aromatic nitrogens is 2. The van der Waals surface area contributed by atoms with E-state index < -0.39 is 0 Å². The molecule has 0 N–H and O–H groups in total. The molecule has 0 unspecified atom stereocenters. The Morgan fingerprint density at radius 2 is 1.74 bits per heavy atom. The van der Waals surface area contributed by atoms with Gasteiger partial charge in [-0.2, -0.15) is 0 Å². The van der Waals surface area contributed by atoms with E-state index >= 15 is 0 Å². The van der Waals surface area contributed by atoms with Crippen LogP contribution >= 0.6 is 11.8 Å². The minimum Gasteiger partial charge on any atom is -0.497 e. The first-order chi connectivity index (χ1) is 11.3. The van der Waals surface area contributed by atoms with Crippen molar-refractivity contribution in [3.8, 4) is 28.3 Å². The Morgan fingerprint density at radius 1 is 1.04 bits per heavy atom. The van der Waals surface area contributed by atoms with E-state index in [1.807, 2.05) is 36.4 Å². The maximum atomic E-state index is 13.3. The summed E-state index contributed by atoms with van der Waals surface area (Å²) in [6.45, 7) is 0.926. The molecule has 1 aliphatic heterocycles. The predicted octanol–water partition coefficient (Wildman–Crippen LogP) is 4.47. The molecule has 2 heterocycles. The average molecular weight is 326 g/mol. The number of nitrogens with zero attached hydrogens (tertiary/aromatic N) is 2. The molecule has 0 spiro atoms. The molecule has 5 heteroatoms. The Hall–Kier alpha value is -2.27. The molecule has 2 aromatic carbocycles. The molecule has 1 aromatic heterocycles. The first-order valence-corrected chi connectivity index (χ1v) is 8.38. The highest BCUT2D eigenvalue weighted by atomic mass is 32.2. The molecule has 0 aliphatic carbocycles. The zero-order chi connectivity index (χ0) is 15.8. The first kappa shape index (κ1) is 14.3. The van der Waals surface area contributed by atoms with Gasteiger partial charge in [0.15, 0.2) is 5.16 Å². The number of hydrogen-bond acceptors (Lipinski definition) is 3. The second kappa shape index (κ2) is 5.74. The molecule has 0 saturated heterocycles. The molecule has 0 atom stereocenters. The lowest BCUT2D eigenvalue weighted by atomic mass is 10.0. The van der Waals surface area contributed by atoms with Crippen LogP contribution in [0.15, 0.2) is 53.7 Å². The van der Waals surface area contributed by atoms with E-state index in [0.717, 1.165) is 45.7 Å². The van der Waals surface area contributed by atoms with E-state index in [1.54, 1.807) is 18.9 Å². The van der Waals surface area contributed by atoms with E-state index in [4.69, 9.17) is 9.72 Å². The molecule has 4 rings (SSSR count). The van der Waals surface area contributed by atoms with E-state index in [0.29, 0.717) is 0 Å². The van der Waals surface area contributed by atoms with Crippen molar-refractivity contribution in [2.45, 2.75) is 11.7 Å². The van der Waals surface area contributed by atoms with Crippen molar-refractivity contribution in [1.82, 2.24) is 9.55 Å². The van der Waals surface area contributed by atoms with Crippen molar-refractivity contribution in [2.75, 3.05) is 12.9 Å². The molecule has 0 amide bonds. The second-order valence-electron chi connectivity index (χ2n) is 5.33. The third-order valence-electron chi connectivity index (χ3n) is 3.96. The Balaban J connectivity index is 1.88. The molecular weight excluding hydrogens is 311 g/mol. The summed E-state index contributed by atoms with van der Waals surface area (Å²) in [5.41, 5.74) is 4.00. The molecule has 0 bridgehead atoms. The fourth-order valence-corrected chi connectivity index (χ4v) is 3.78. The number of halogens is 1. The van der Waals surface area contributed by atoms with Gasteiger partial charge in [-0.25, -0.2) is 9.37 Å². The van der Waals surface area contributed by atoms with Gasteiger partial charge in [-0.05, 0) is 48.5 Å². The quantitative estimate of drug-likeness (QED) is 0.710. The Morgan fingerprint density at radius 3 is 2.43 bits per heavy atom. The van der Waals surface area contributed by atoms with Gasteiger partial charge in [0.1, 0.15) is 11.6 Å². The third-order valence-corrected chi connectivity index (χ3v) is 4.92. The van der Waals surface area contributed by atoms with Crippen LogP contribution in [0.2, 0.25) is 0 Å². The molecular formula is C18H15FN2OS. The molecule has 0 fully saturated rings. The fourth-order valence-electron chi connectivity index (χ4n) is 2.83. The molecule has 3 aromatic rings. The number of fused-ring (bicyclic) bond motifs is 1. The highest BCUT2D eigenvalue weighted by molar-refractivity contribution is 7.99. The van der Waals surface area contributed by atoms with Gasteiger partial charge in [0.2, 0.25) is 0 Å². The highest BCUT2D eigenvalue weighted by Crippen LogP contribution is 2.39. The van der Waals surface area contributed by atoms with Crippen LogP contribution < -0.4 is 4.74 Å². The van der Waals surface area contributed by atoms with Crippen LogP contribution in [0.25, 0.3) is 22.5 Å². The summed E-state index contributed by atoms with van der Waals surface area (Å²) in [6.07, 6.45) is 0. The number of imidazole rings is 1. The topological polar surface area (TPSA) is 27.1 Å². The molecule has 3 nitrogen and oxygen atoms in total. The standard InChI is InChI=1S/C18H15FN2OS/c1-22-15-8-4-12(5-9-15)16-17(13-2-6-14(19)7-3-13)21-10-11-23-18(21)20-16/h2-9H,10-11H2,1H3. The maximum absolute atomic E-state index is 13.3. The van der Waals surface area contributed by atoms with Gasteiger partial charge in [0.25, 0.3) is 0 Å². The van der Waals surface area contributed by atoms with Gasteiger partial charge < -0.3 is 9.30 Å². The second-order valence-corrected chi connectivity index (χ2v) is 6.39. The van der Waals surface area contributed by atoms with Crippen molar-refractivity contribution in [3.63, 3.8) is 0 Å². The van der Waals surface area contributed by atoms with Crippen LogP contribution in [0.1, 0.15) is 0 Å². The van der Waals surface area contributed by atoms with Crippen LogP contribution in [-0.2, 0) is 6.54 Å². The average Bonchev–Trinajstić information content (AvgIpc) is 3.17. The minimum absolute atomic E-state index is 0.227. The summed E-state index contributed by atoms with van der Waals surface area (Å²) in [6, 6.07) is 14.5. The van der Waals surface area contributed by atoms with Gasteiger partial charge in [0.05, 0.1) is 18.5 Å². The lowest BCUT2D eigenvalue weighted by Gasteiger charge is -2.09. The van der Waals surface area contributed by atoms with Crippen LogP contribution in [0.5, 0.6) is 5.75 Å². The number of methoxy groups -OCH3 is 1. The minimum atomic E-state index is -0.227. The van der Waals surface area contributed by atoms with E-state index in [9.17, 15) is 4.39 Å². The monoisotopic (exact) mass is 326 g/mol. The first-order valence-electron chi connectivity index (χ1n) is 7.40. The number of thioether (sulfide) groups is 1. The van der Waals surface area contributed by atoms with Gasteiger partial charge in [-0.3, -0.25) is 0 Å². The van der Waals surface area contributed by atoms with E-state index in [-0.39, 0.29) is 5.82 Å². The summed E-state index contributed by atoms with van der Waals surface area (Å²) in [5.74, 6) is 1.62. The zero-order valence-corrected chi connectivity index (χ0v) is 13.4. The van der Waals surface area contributed by atoms with Crippen LogP contribution in [-0.4, -0.2) is 22.4 Å². The molecule has 0 saturated carbocycles. The van der Waals surface area contributed by atoms with Crippen LogP contribution in [0.3, 0.4) is 0 Å². The Bertz CT molecular complexity index is 841. The summed E-state index contributed by atoms with van der Waals surface area (Å²) in [4.78, 5) is 4.81. The number of benzene rings is 2. The molecule has 1 aliphatic rings. The van der Waals surface area contributed by atoms with Gasteiger partial charge in [-0.1, -0.05) is 11.8 Å². The number of ether oxygens (including phenoxy) is 1. The molecule has 116 valence electrons. The van der Waals surface area contributed by atoms with Crippen LogP contribution in [0, 0.1) is 5.82 Å². The maximum Gasteiger partial charge on any atom is 0.169 e. The lowest BCUT2D eigenvalue weighted by Crippen LogP contribution is -1.97.